The van der Waals surface area contributed by atoms with Crippen molar-refractivity contribution in [3.05, 3.63) is 0 Å². The number of carbonyl (C=O) groups excluding carboxylic acids is 1. The van der Waals surface area contributed by atoms with Gasteiger partial charge in [-0.05, 0) is 39.2 Å². The second kappa shape index (κ2) is 7.97. The van der Waals surface area contributed by atoms with Crippen LogP contribution in [0.25, 0.3) is 0 Å². The molecular weight excluding hydrogens is 252 g/mol. The lowest BCUT2D eigenvalue weighted by molar-refractivity contribution is -0.135. The molecule has 2 aliphatic heterocycles. The third-order valence-electron chi connectivity index (χ3n) is 3.75. The van der Waals surface area contributed by atoms with E-state index in [1.54, 1.807) is 0 Å². The molecule has 0 aromatic heterocycles. The van der Waals surface area contributed by atoms with Crippen LogP contribution in [-0.4, -0.2) is 49.2 Å². The number of piperidine rings is 1. The molecule has 0 radical (unpaired) electrons. The molecule has 0 aromatic carbocycles. The molecule has 106 valence electrons. The zero-order valence-electron chi connectivity index (χ0n) is 11.2. The van der Waals surface area contributed by atoms with E-state index in [4.69, 9.17) is 4.74 Å². The summed E-state index contributed by atoms with van der Waals surface area (Å²) in [5, 5.41) is 3.33. The number of nitrogens with zero attached hydrogens (tertiary/aromatic N) is 1. The molecule has 1 unspecified atom stereocenters. The fourth-order valence-electron chi connectivity index (χ4n) is 2.69. The van der Waals surface area contributed by atoms with Crippen molar-refractivity contribution in [3.8, 4) is 0 Å². The van der Waals surface area contributed by atoms with Crippen LogP contribution in [0.3, 0.4) is 0 Å². The van der Waals surface area contributed by atoms with E-state index < -0.39 is 0 Å². The fraction of sp³-hybridized carbons (Fsp3) is 0.923. The minimum Gasteiger partial charge on any atom is -0.376 e. The summed E-state index contributed by atoms with van der Waals surface area (Å²) in [6, 6.07) is 0.0464. The zero-order valence-corrected chi connectivity index (χ0v) is 12.0. The lowest BCUT2D eigenvalue weighted by Crippen LogP contribution is -2.50. The quantitative estimate of drug-likeness (QED) is 0.848. The van der Waals surface area contributed by atoms with Crippen LogP contribution in [0.2, 0.25) is 0 Å². The maximum absolute atomic E-state index is 12.3. The van der Waals surface area contributed by atoms with Gasteiger partial charge >= 0.3 is 0 Å². The van der Waals surface area contributed by atoms with Gasteiger partial charge in [-0.25, -0.2) is 0 Å². The molecule has 2 saturated heterocycles. The summed E-state index contributed by atoms with van der Waals surface area (Å²) in [7, 11) is 0. The molecule has 0 saturated carbocycles. The third kappa shape index (κ3) is 4.11. The van der Waals surface area contributed by atoms with Gasteiger partial charge in [0.15, 0.2) is 0 Å². The number of halogens is 1. The molecule has 1 amide bonds. The Morgan fingerprint density at radius 2 is 2.17 bits per heavy atom. The van der Waals surface area contributed by atoms with Crippen molar-refractivity contribution in [2.45, 2.75) is 51.2 Å². The van der Waals surface area contributed by atoms with E-state index in [1.165, 1.54) is 12.8 Å². The van der Waals surface area contributed by atoms with E-state index >= 15 is 0 Å². The number of nitrogens with one attached hydrogen (secondary N) is 1. The topological polar surface area (TPSA) is 41.6 Å². The number of ether oxygens (including phenoxy) is 1. The SMILES string of the molecule is CCN(CC1CCCO1)C(=O)[C@@H]1CCCCN1.Cl. The number of carbonyl (C=O) groups is 1. The van der Waals surface area contributed by atoms with Gasteiger partial charge in [-0.3, -0.25) is 4.79 Å². The van der Waals surface area contributed by atoms with Crippen molar-refractivity contribution in [2.24, 2.45) is 0 Å². The minimum absolute atomic E-state index is 0. The van der Waals surface area contributed by atoms with Crippen LogP contribution in [0.1, 0.15) is 39.0 Å². The molecule has 5 heteroatoms. The maximum Gasteiger partial charge on any atom is 0.239 e. The van der Waals surface area contributed by atoms with Crippen molar-refractivity contribution in [2.75, 3.05) is 26.2 Å². The van der Waals surface area contributed by atoms with E-state index in [9.17, 15) is 4.79 Å². The highest BCUT2D eigenvalue weighted by atomic mass is 35.5. The molecule has 2 aliphatic rings. The summed E-state index contributed by atoms with van der Waals surface area (Å²) in [5.74, 6) is 0.266. The van der Waals surface area contributed by atoms with Crippen LogP contribution in [0.5, 0.6) is 0 Å². The van der Waals surface area contributed by atoms with E-state index in [0.717, 1.165) is 45.5 Å². The Morgan fingerprint density at radius 1 is 1.33 bits per heavy atom. The van der Waals surface area contributed by atoms with Gasteiger partial charge in [0.1, 0.15) is 0 Å². The Kier molecular flexibility index (Phi) is 6.97. The maximum atomic E-state index is 12.3. The zero-order chi connectivity index (χ0) is 12.1. The van der Waals surface area contributed by atoms with E-state index in [-0.39, 0.29) is 30.5 Å². The van der Waals surface area contributed by atoms with Gasteiger partial charge in [0.25, 0.3) is 0 Å². The molecule has 2 rings (SSSR count). The first-order chi connectivity index (χ1) is 8.31. The Morgan fingerprint density at radius 3 is 2.72 bits per heavy atom. The van der Waals surface area contributed by atoms with Gasteiger partial charge in [0.05, 0.1) is 12.1 Å². The number of likely N-dealkylation sites (N-methyl/N-ethyl adjacent to an activating group) is 1. The molecule has 0 spiro atoms. The summed E-state index contributed by atoms with van der Waals surface area (Å²) in [5.41, 5.74) is 0. The van der Waals surface area contributed by atoms with Crippen molar-refractivity contribution >= 4 is 18.3 Å². The number of hydrogen-bond donors (Lipinski definition) is 1. The minimum atomic E-state index is 0. The monoisotopic (exact) mass is 276 g/mol. The first-order valence-electron chi connectivity index (χ1n) is 6.95. The Labute approximate surface area is 116 Å². The standard InChI is InChI=1S/C13H24N2O2.ClH/c1-2-15(10-11-6-5-9-17-11)13(16)12-7-3-4-8-14-12;/h11-12,14H,2-10H2,1H3;1H/t11?,12-;/m0./s1. The van der Waals surface area contributed by atoms with Crippen LogP contribution in [-0.2, 0) is 9.53 Å². The first-order valence-corrected chi connectivity index (χ1v) is 6.95. The predicted octanol–water partition coefficient (Wildman–Crippen LogP) is 1.58. The molecular formula is C13H25ClN2O2. The predicted molar refractivity (Wildman–Crippen MR) is 74.1 cm³/mol. The van der Waals surface area contributed by atoms with Gasteiger partial charge in [-0.15, -0.1) is 12.4 Å². The van der Waals surface area contributed by atoms with Crippen LogP contribution >= 0.6 is 12.4 Å². The van der Waals surface area contributed by atoms with Gasteiger partial charge in [0, 0.05) is 19.7 Å². The summed E-state index contributed by atoms with van der Waals surface area (Å²) in [6.45, 7) is 5.45. The van der Waals surface area contributed by atoms with Gasteiger partial charge in [-0.1, -0.05) is 6.42 Å². The first kappa shape index (κ1) is 15.7. The van der Waals surface area contributed by atoms with Crippen molar-refractivity contribution in [1.82, 2.24) is 10.2 Å². The van der Waals surface area contributed by atoms with E-state index in [0.29, 0.717) is 0 Å². The smallest absolute Gasteiger partial charge is 0.239 e. The highest BCUT2D eigenvalue weighted by Crippen LogP contribution is 2.15. The molecule has 18 heavy (non-hydrogen) atoms. The van der Waals surface area contributed by atoms with Crippen LogP contribution in [0, 0.1) is 0 Å². The summed E-state index contributed by atoms with van der Waals surface area (Å²) in [4.78, 5) is 14.3. The largest absolute Gasteiger partial charge is 0.376 e. The molecule has 0 aliphatic carbocycles. The molecule has 0 bridgehead atoms. The van der Waals surface area contributed by atoms with Crippen molar-refractivity contribution < 1.29 is 9.53 Å². The van der Waals surface area contributed by atoms with Gasteiger partial charge in [-0.2, -0.15) is 0 Å². The number of amides is 1. The molecule has 0 aromatic rings. The second-order valence-corrected chi connectivity index (χ2v) is 5.01. The number of rotatable bonds is 4. The summed E-state index contributed by atoms with van der Waals surface area (Å²) >= 11 is 0. The highest BCUT2D eigenvalue weighted by molar-refractivity contribution is 5.85. The fourth-order valence-corrected chi connectivity index (χ4v) is 2.69. The summed E-state index contributed by atoms with van der Waals surface area (Å²) < 4.78 is 5.61. The molecule has 2 fully saturated rings. The van der Waals surface area contributed by atoms with Crippen molar-refractivity contribution in [1.29, 1.82) is 0 Å². The van der Waals surface area contributed by atoms with Crippen molar-refractivity contribution in [3.63, 3.8) is 0 Å². The Hall–Kier alpha value is -0.320. The lowest BCUT2D eigenvalue weighted by atomic mass is 10.0. The van der Waals surface area contributed by atoms with E-state index in [2.05, 4.69) is 12.2 Å². The molecule has 4 nitrogen and oxygen atoms in total. The molecule has 2 heterocycles. The van der Waals surface area contributed by atoms with E-state index in [1.807, 2.05) is 4.90 Å². The Balaban J connectivity index is 0.00000162. The normalized spacial score (nSPS) is 27.6. The van der Waals surface area contributed by atoms with Crippen LogP contribution in [0.15, 0.2) is 0 Å². The van der Waals surface area contributed by atoms with Crippen LogP contribution in [0.4, 0.5) is 0 Å². The lowest BCUT2D eigenvalue weighted by Gasteiger charge is -2.30. The van der Waals surface area contributed by atoms with Gasteiger partial charge < -0.3 is 15.0 Å². The Bertz CT molecular complexity index is 251. The third-order valence-corrected chi connectivity index (χ3v) is 3.75. The summed E-state index contributed by atoms with van der Waals surface area (Å²) in [6.07, 6.45) is 5.85. The average Bonchev–Trinajstić information content (AvgIpc) is 2.89. The molecule has 2 atom stereocenters. The number of hydrogen-bond acceptors (Lipinski definition) is 3. The van der Waals surface area contributed by atoms with Gasteiger partial charge in [0.2, 0.25) is 5.91 Å². The van der Waals surface area contributed by atoms with Crippen LogP contribution < -0.4 is 5.32 Å². The second-order valence-electron chi connectivity index (χ2n) is 5.01. The average molecular weight is 277 g/mol. The molecule has 1 N–H and O–H groups in total. The highest BCUT2D eigenvalue weighted by Gasteiger charge is 2.27.